The molecule has 0 radical (unpaired) electrons. The molecule has 0 saturated carbocycles. The first-order valence-electron chi connectivity index (χ1n) is 4.20. The molecule has 1 aliphatic rings. The Morgan fingerprint density at radius 1 is 1.75 bits per heavy atom. The fourth-order valence-corrected chi connectivity index (χ4v) is 1.37. The molecule has 0 fully saturated rings. The van der Waals surface area contributed by atoms with Crippen molar-refractivity contribution in [1.29, 1.82) is 0 Å². The molecule has 0 aromatic rings. The van der Waals surface area contributed by atoms with Crippen LogP contribution in [0.1, 0.15) is 19.8 Å². The summed E-state index contributed by atoms with van der Waals surface area (Å²) in [5.74, 6) is 0.301. The van der Waals surface area contributed by atoms with Gasteiger partial charge in [0.15, 0.2) is 0 Å². The normalized spacial score (nSPS) is 26.2. The Bertz CT molecular complexity index is 209. The quantitative estimate of drug-likeness (QED) is 0.612. The molecular formula is C9H15NO2. The molecule has 3 nitrogen and oxygen atoms in total. The van der Waals surface area contributed by atoms with Crippen molar-refractivity contribution < 1.29 is 10.2 Å². The second-order valence-electron chi connectivity index (χ2n) is 3.23. The lowest BCUT2D eigenvalue weighted by molar-refractivity contribution is 0.250. The average Bonchev–Trinajstić information content (AvgIpc) is 2.04. The second-order valence-corrected chi connectivity index (χ2v) is 3.23. The molecule has 0 aliphatic carbocycles. The summed E-state index contributed by atoms with van der Waals surface area (Å²) in [4.78, 5) is 4.18. The molecule has 0 aromatic carbocycles. The van der Waals surface area contributed by atoms with Crippen LogP contribution in [0.3, 0.4) is 0 Å². The summed E-state index contributed by atoms with van der Waals surface area (Å²) < 4.78 is 0. The van der Waals surface area contributed by atoms with Crippen molar-refractivity contribution in [2.24, 2.45) is 10.9 Å². The van der Waals surface area contributed by atoms with Crippen LogP contribution in [0.25, 0.3) is 0 Å². The minimum atomic E-state index is -0.493. The Balaban J connectivity index is 2.59. The Morgan fingerprint density at radius 3 is 2.92 bits per heavy atom. The van der Waals surface area contributed by atoms with Gasteiger partial charge in [-0.05, 0) is 19.8 Å². The van der Waals surface area contributed by atoms with E-state index in [1.165, 1.54) is 0 Å². The summed E-state index contributed by atoms with van der Waals surface area (Å²) in [7, 11) is 0. The lowest BCUT2D eigenvalue weighted by atomic mass is 9.92. The van der Waals surface area contributed by atoms with Crippen LogP contribution >= 0.6 is 0 Å². The van der Waals surface area contributed by atoms with Gasteiger partial charge in [-0.25, -0.2) is 0 Å². The van der Waals surface area contributed by atoms with Gasteiger partial charge in [0, 0.05) is 18.2 Å². The molecule has 0 aromatic heterocycles. The van der Waals surface area contributed by atoms with Crippen molar-refractivity contribution in [3.8, 4) is 0 Å². The molecule has 68 valence electrons. The van der Waals surface area contributed by atoms with E-state index in [9.17, 15) is 5.11 Å². The first kappa shape index (κ1) is 9.26. The summed E-state index contributed by atoms with van der Waals surface area (Å²) in [5.41, 5.74) is 0.779. The lowest BCUT2D eigenvalue weighted by Gasteiger charge is -2.22. The van der Waals surface area contributed by atoms with Crippen molar-refractivity contribution in [3.63, 3.8) is 0 Å². The number of allylic oxidation sites excluding steroid dienone is 1. The van der Waals surface area contributed by atoms with E-state index in [2.05, 4.69) is 11.6 Å². The highest BCUT2D eigenvalue weighted by molar-refractivity contribution is 5.89. The number of rotatable bonds is 2. The minimum Gasteiger partial charge on any atom is -0.513 e. The minimum absolute atomic E-state index is 0.0899. The maximum absolute atomic E-state index is 9.23. The van der Waals surface area contributed by atoms with Crippen LogP contribution in [0.4, 0.5) is 0 Å². The van der Waals surface area contributed by atoms with Crippen LogP contribution in [0, 0.1) is 5.92 Å². The van der Waals surface area contributed by atoms with Crippen LogP contribution < -0.4 is 0 Å². The molecule has 0 spiro atoms. The molecule has 2 unspecified atom stereocenters. The molecule has 12 heavy (non-hydrogen) atoms. The maximum Gasteiger partial charge on any atom is 0.0888 e. The standard InChI is InChI=1S/C9H15NO2/c1-6(11)8-3-4-10-9(5-8)7(2)12/h7-8,11-12H,1,3-5H2,2H3. The number of hydrogen-bond acceptors (Lipinski definition) is 3. The van der Waals surface area contributed by atoms with Gasteiger partial charge in [-0.1, -0.05) is 6.58 Å². The highest BCUT2D eigenvalue weighted by atomic mass is 16.3. The number of aliphatic hydroxyl groups excluding tert-OH is 2. The van der Waals surface area contributed by atoms with Crippen molar-refractivity contribution in [3.05, 3.63) is 12.3 Å². The van der Waals surface area contributed by atoms with Crippen molar-refractivity contribution >= 4 is 5.71 Å². The average molecular weight is 169 g/mol. The van der Waals surface area contributed by atoms with E-state index in [1.54, 1.807) is 6.92 Å². The van der Waals surface area contributed by atoms with Crippen LogP contribution in [0.2, 0.25) is 0 Å². The molecule has 0 bridgehead atoms. The van der Waals surface area contributed by atoms with Crippen LogP contribution in [-0.2, 0) is 0 Å². The predicted molar refractivity (Wildman–Crippen MR) is 48.5 cm³/mol. The monoisotopic (exact) mass is 169 g/mol. The van der Waals surface area contributed by atoms with Crippen molar-refractivity contribution in [2.75, 3.05) is 6.54 Å². The molecule has 2 N–H and O–H groups in total. The maximum atomic E-state index is 9.23. The molecule has 1 aliphatic heterocycles. The van der Waals surface area contributed by atoms with Gasteiger partial charge in [-0.2, -0.15) is 0 Å². The van der Waals surface area contributed by atoms with Gasteiger partial charge < -0.3 is 10.2 Å². The summed E-state index contributed by atoms with van der Waals surface area (Å²) in [6.07, 6.45) is 0.991. The van der Waals surface area contributed by atoms with Gasteiger partial charge in [0.1, 0.15) is 0 Å². The molecule has 3 heteroatoms. The van der Waals surface area contributed by atoms with Gasteiger partial charge in [0.05, 0.1) is 11.9 Å². The summed E-state index contributed by atoms with van der Waals surface area (Å²) in [5, 5.41) is 18.4. The van der Waals surface area contributed by atoms with E-state index in [0.29, 0.717) is 13.0 Å². The summed E-state index contributed by atoms with van der Waals surface area (Å²) >= 11 is 0. The van der Waals surface area contributed by atoms with E-state index < -0.39 is 6.10 Å². The largest absolute Gasteiger partial charge is 0.513 e. The lowest BCUT2D eigenvalue weighted by Crippen LogP contribution is -2.25. The smallest absolute Gasteiger partial charge is 0.0888 e. The molecule has 2 atom stereocenters. The van der Waals surface area contributed by atoms with E-state index in [1.807, 2.05) is 0 Å². The Morgan fingerprint density at radius 2 is 2.42 bits per heavy atom. The molecular weight excluding hydrogens is 154 g/mol. The predicted octanol–water partition coefficient (Wildman–Crippen LogP) is 1.29. The zero-order valence-corrected chi connectivity index (χ0v) is 7.32. The van der Waals surface area contributed by atoms with E-state index in [-0.39, 0.29) is 11.7 Å². The van der Waals surface area contributed by atoms with Gasteiger partial charge in [0.2, 0.25) is 0 Å². The number of aliphatic hydroxyl groups is 2. The fraction of sp³-hybridized carbons (Fsp3) is 0.667. The van der Waals surface area contributed by atoms with Gasteiger partial charge in [-0.3, -0.25) is 4.99 Å². The highest BCUT2D eigenvalue weighted by Crippen LogP contribution is 2.21. The SMILES string of the molecule is C=C(O)C1CCN=C(C(C)O)C1. The van der Waals surface area contributed by atoms with Crippen molar-refractivity contribution in [2.45, 2.75) is 25.9 Å². The van der Waals surface area contributed by atoms with Crippen molar-refractivity contribution in [1.82, 2.24) is 0 Å². The van der Waals surface area contributed by atoms with E-state index in [4.69, 9.17) is 5.11 Å². The molecule has 0 amide bonds. The first-order chi connectivity index (χ1) is 5.61. The van der Waals surface area contributed by atoms with Crippen LogP contribution in [0.5, 0.6) is 0 Å². The first-order valence-corrected chi connectivity index (χ1v) is 4.20. The third kappa shape index (κ3) is 2.08. The third-order valence-electron chi connectivity index (χ3n) is 2.20. The fourth-order valence-electron chi connectivity index (χ4n) is 1.37. The Kier molecular flexibility index (Phi) is 2.87. The Hall–Kier alpha value is -0.830. The highest BCUT2D eigenvalue weighted by Gasteiger charge is 2.21. The van der Waals surface area contributed by atoms with E-state index in [0.717, 1.165) is 12.1 Å². The zero-order chi connectivity index (χ0) is 9.14. The van der Waals surface area contributed by atoms with Gasteiger partial charge in [0.25, 0.3) is 0 Å². The molecule has 1 rings (SSSR count). The zero-order valence-electron chi connectivity index (χ0n) is 7.32. The van der Waals surface area contributed by atoms with Gasteiger partial charge >= 0.3 is 0 Å². The van der Waals surface area contributed by atoms with Gasteiger partial charge in [-0.15, -0.1) is 0 Å². The molecule has 0 saturated heterocycles. The summed E-state index contributed by atoms with van der Waals surface area (Å²) in [6, 6.07) is 0. The number of aliphatic imine (C=N–C) groups is 1. The van der Waals surface area contributed by atoms with Crippen LogP contribution in [0.15, 0.2) is 17.3 Å². The third-order valence-corrected chi connectivity index (χ3v) is 2.20. The summed E-state index contributed by atoms with van der Waals surface area (Å²) in [6.45, 7) is 5.87. The number of hydrogen-bond donors (Lipinski definition) is 2. The second kappa shape index (κ2) is 3.72. The Labute approximate surface area is 72.4 Å². The molecule has 1 heterocycles. The number of nitrogens with zero attached hydrogens (tertiary/aromatic N) is 1. The van der Waals surface area contributed by atoms with E-state index >= 15 is 0 Å². The topological polar surface area (TPSA) is 52.8 Å². The van der Waals surface area contributed by atoms with Crippen LogP contribution in [-0.4, -0.2) is 28.6 Å².